The number of rotatable bonds is 0. The Balaban J connectivity index is 0. The first-order valence-corrected chi connectivity index (χ1v) is 3.11. The summed E-state index contributed by atoms with van der Waals surface area (Å²) in [5, 5.41) is 0. The van der Waals surface area contributed by atoms with E-state index in [1.165, 1.54) is 0 Å². The van der Waals surface area contributed by atoms with Gasteiger partial charge in [-0.25, -0.2) is 0 Å². The van der Waals surface area contributed by atoms with E-state index in [4.69, 9.17) is 4.93 Å². The van der Waals surface area contributed by atoms with Gasteiger partial charge >= 0.3 is 30.9 Å². The minimum Gasteiger partial charge on any atom is 0 e. The van der Waals surface area contributed by atoms with Crippen molar-refractivity contribution in [2.75, 3.05) is 0 Å². The maximum Gasteiger partial charge on any atom is 0 e. The van der Waals surface area contributed by atoms with Gasteiger partial charge in [0.15, 0.2) is 0 Å². The number of hydrogen-bond donors (Lipinski definition) is 0. The zero-order valence-corrected chi connectivity index (χ0v) is 9.29. The first-order chi connectivity index (χ1) is 1.41. The summed E-state index contributed by atoms with van der Waals surface area (Å²) in [5.74, 6) is 0. The predicted octanol–water partition coefficient (Wildman–Crippen LogP) is -0.238. The molecule has 0 aliphatic rings. The van der Waals surface area contributed by atoms with E-state index >= 15 is 0 Å². The molecule has 0 aromatic carbocycles. The molecule has 0 unspecified atom stereocenters. The third-order valence-corrected chi connectivity index (χ3v) is 0. The van der Waals surface area contributed by atoms with E-state index in [1.54, 1.807) is 0 Å². The molecule has 2 nitrogen and oxygen atoms in total. The van der Waals surface area contributed by atoms with Crippen LogP contribution in [0.2, 0.25) is 0 Å². The molecule has 0 saturated carbocycles. The van der Waals surface area contributed by atoms with Crippen LogP contribution in [0.15, 0.2) is 0 Å². The van der Waals surface area contributed by atoms with Gasteiger partial charge in [-0.15, -0.1) is 0 Å². The van der Waals surface area contributed by atoms with E-state index in [0.717, 1.165) is 0 Å². The first kappa shape index (κ1) is 9.16. The summed E-state index contributed by atoms with van der Waals surface area (Å²) in [6.07, 6.45) is 0. The SMILES string of the molecule is [O]=[Pu]=[O].[U]. The van der Waals surface area contributed by atoms with E-state index in [2.05, 4.69) is 0 Å². The molecular weight excluding hydrogens is 514 g/mol. The molecule has 0 aromatic heterocycles. The largest absolute Gasteiger partial charge is 0 e. The molecule has 4 heteroatoms. The second-order valence-electron chi connectivity index (χ2n) is 0.0680. The van der Waals surface area contributed by atoms with Crippen molar-refractivity contribution in [1.82, 2.24) is 0 Å². The average molecular weight is 514 g/mol. The summed E-state index contributed by atoms with van der Waals surface area (Å²) in [4.78, 5) is 0. The Bertz CT molecular complexity index is 27.0. The Hall–Kier alpha value is 1.64. The van der Waals surface area contributed by atoms with Crippen molar-refractivity contribution in [1.29, 1.82) is 0 Å². The zero-order chi connectivity index (χ0) is 2.71. The van der Waals surface area contributed by atoms with Crippen LogP contribution in [-0.2, 0) is 4.93 Å². The van der Waals surface area contributed by atoms with Crippen LogP contribution < -0.4 is 0 Å². The number of hydrogen-bond acceptors (Lipinski definition) is 2. The van der Waals surface area contributed by atoms with Crippen LogP contribution >= 0.6 is 0 Å². The predicted molar refractivity (Wildman–Crippen MR) is 1.37 cm³/mol. The fourth-order valence-electron chi connectivity index (χ4n) is 0. The quantitative estimate of drug-likeness (QED) is 0.448. The van der Waals surface area contributed by atoms with Crippen molar-refractivity contribution in [3.05, 3.63) is 0 Å². The summed E-state index contributed by atoms with van der Waals surface area (Å²) in [6, 6.07) is 0. The Labute approximate surface area is 61.1 Å². The van der Waals surface area contributed by atoms with Gasteiger partial charge in [-0.05, 0) is 0 Å². The van der Waals surface area contributed by atoms with Crippen LogP contribution in [0.1, 0.15) is 0 Å². The van der Waals surface area contributed by atoms with E-state index in [9.17, 15) is 0 Å². The van der Waals surface area contributed by atoms with Gasteiger partial charge in [0.1, 0.15) is 0 Å². The van der Waals surface area contributed by atoms with Crippen LogP contribution in [0, 0.1) is 57.1 Å². The third-order valence-electron chi connectivity index (χ3n) is 0. The van der Waals surface area contributed by atoms with Gasteiger partial charge in [0.25, 0.3) is 0 Å². The minimum atomic E-state index is -2.38. The normalized spacial score (nSPS) is 2.00. The smallest absolute Gasteiger partial charge is 0 e. The standard InChI is InChI=1S/2O.Pu.U. The van der Waals surface area contributed by atoms with Gasteiger partial charge < -0.3 is 0 Å². The second kappa shape index (κ2) is 8.82. The Morgan fingerprint density at radius 3 is 1.25 bits per heavy atom. The molecule has 0 fully saturated rings. The summed E-state index contributed by atoms with van der Waals surface area (Å²) in [6.45, 7) is 0. The Morgan fingerprint density at radius 2 is 1.25 bits per heavy atom. The summed E-state index contributed by atoms with van der Waals surface area (Å²) in [5.41, 5.74) is 0. The second-order valence-corrected chi connectivity index (χ2v) is 0.635. The first-order valence-electron chi connectivity index (χ1n) is 0.333. The third kappa shape index (κ3) is 9.43. The van der Waals surface area contributed by atoms with Crippen LogP contribution in [0.5, 0.6) is 0 Å². The fourth-order valence-corrected chi connectivity index (χ4v) is 0. The maximum absolute atomic E-state index is 8.56. The van der Waals surface area contributed by atoms with Gasteiger partial charge in [0.2, 0.25) is 0 Å². The molecule has 0 bridgehead atoms. The fraction of sp³-hybridized carbons (Fsp3) is 0. The maximum atomic E-state index is 8.56. The van der Waals surface area contributed by atoms with Crippen molar-refractivity contribution in [2.24, 2.45) is 0 Å². The molecule has 0 atom stereocenters. The molecule has 4 heavy (non-hydrogen) atoms. The zero-order valence-electron chi connectivity index (χ0n) is 1.72. The van der Waals surface area contributed by atoms with Gasteiger partial charge in [-0.2, -0.15) is 0 Å². The van der Waals surface area contributed by atoms with Crippen LogP contribution in [0.3, 0.4) is 0 Å². The molecule has 0 radical (unpaired) electrons. The van der Waals surface area contributed by atoms with Crippen LogP contribution in [-0.4, -0.2) is 0 Å². The van der Waals surface area contributed by atoms with Gasteiger partial charge in [-0.3, -0.25) is 0 Å². The van der Waals surface area contributed by atoms with Gasteiger partial charge in [-0.1, -0.05) is 0 Å². The van der Waals surface area contributed by atoms with E-state index < -0.39 is 26.0 Å². The van der Waals surface area contributed by atoms with Crippen molar-refractivity contribution in [2.45, 2.75) is 0 Å². The topological polar surface area (TPSA) is 34.1 Å². The van der Waals surface area contributed by atoms with Crippen molar-refractivity contribution >= 4 is 0 Å². The van der Waals surface area contributed by atoms with Gasteiger partial charge in [0, 0.05) is 31.1 Å². The molecule has 0 aromatic rings. The molecule has 0 aliphatic heterocycles. The molecule has 0 N–H and O–H groups in total. The van der Waals surface area contributed by atoms with Crippen molar-refractivity contribution in [3.63, 3.8) is 0 Å². The molecule has 0 heterocycles. The van der Waals surface area contributed by atoms with Gasteiger partial charge in [0.05, 0.1) is 0 Å². The van der Waals surface area contributed by atoms with E-state index in [0.29, 0.717) is 0 Å². The van der Waals surface area contributed by atoms with Crippen molar-refractivity contribution < 1.29 is 62.1 Å². The Kier molecular flexibility index (Phi) is 20.2. The summed E-state index contributed by atoms with van der Waals surface area (Å²) in [7, 11) is 0. The Morgan fingerprint density at radius 1 is 1.25 bits per heavy atom. The summed E-state index contributed by atoms with van der Waals surface area (Å²) < 4.78 is 17.1. The minimum absolute atomic E-state index is 0. The molecule has 0 rings (SSSR count). The summed E-state index contributed by atoms with van der Waals surface area (Å²) >= 11 is -2.38. The molecule has 22 valence electrons. The van der Waals surface area contributed by atoms with E-state index in [1.807, 2.05) is 0 Å². The molecule has 0 saturated heterocycles. The van der Waals surface area contributed by atoms with Crippen molar-refractivity contribution in [3.8, 4) is 0 Å². The van der Waals surface area contributed by atoms with E-state index in [-0.39, 0.29) is 31.1 Å². The molecular formula is O2PuU. The molecule has 0 spiro atoms. The average Bonchev–Trinajstić information content (AvgIpc) is 0.918. The molecule has 0 amide bonds. The van der Waals surface area contributed by atoms with Crippen LogP contribution in [0.4, 0.5) is 0 Å². The van der Waals surface area contributed by atoms with Crippen LogP contribution in [0.25, 0.3) is 0 Å². The molecule has 0 aliphatic carbocycles. The monoisotopic (exact) mass is 508 g/mol.